The van der Waals surface area contributed by atoms with E-state index in [-0.39, 0.29) is 6.42 Å². The molecule has 0 bridgehead atoms. The van der Waals surface area contributed by atoms with E-state index in [2.05, 4.69) is 12.2 Å². The summed E-state index contributed by atoms with van der Waals surface area (Å²) in [4.78, 5) is 13.1. The largest absolute Gasteiger partial charge is 0.493 e. The summed E-state index contributed by atoms with van der Waals surface area (Å²) in [6, 6.07) is 3.94. The molecule has 2 rings (SSSR count). The monoisotopic (exact) mass is 657 g/mol. The number of carbonyl (C=O) groups excluding carboxylic acids is 1. The number of aliphatic hydroxyl groups excluding tert-OH is 6. The van der Waals surface area contributed by atoms with Crippen LogP contribution in [0.2, 0.25) is 0 Å². The lowest BCUT2D eigenvalue weighted by molar-refractivity contribution is -0.303. The first kappa shape index (κ1) is 40.1. The maximum atomic E-state index is 13.1. The highest BCUT2D eigenvalue weighted by molar-refractivity contribution is 5.79. The molecule has 0 saturated carbocycles. The number of unbranched alkanes of at least 4 members (excludes halogenated alkanes) is 11. The van der Waals surface area contributed by atoms with Crippen LogP contribution in [0.15, 0.2) is 18.2 Å². The van der Waals surface area contributed by atoms with Crippen molar-refractivity contribution in [3.05, 3.63) is 23.8 Å². The zero-order valence-corrected chi connectivity index (χ0v) is 27.9. The van der Waals surface area contributed by atoms with Crippen molar-refractivity contribution in [1.82, 2.24) is 5.32 Å². The standard InChI is InChI=1S/C34H59NO11/c1-4-5-6-7-8-9-10-11-12-13-14-15-16-25(37)30(39)24(22-45-34-33(42)32(41)31(40)28(21-36)46-34)35-29(38)20-23-17-18-26(43-2)27(19-23)44-3/h17-19,24-25,28,30-34,36-37,39-42H,4-16,20-22H2,1-3H3,(H,35,38)/t24-,25+,28?,30-,31?,32?,33?,34?/m0/s1. The summed E-state index contributed by atoms with van der Waals surface area (Å²) >= 11 is 0. The second kappa shape index (κ2) is 22.5. The fraction of sp³-hybridized carbons (Fsp3) is 0.794. The molecule has 0 aliphatic carbocycles. The first-order valence-electron chi connectivity index (χ1n) is 16.9. The highest BCUT2D eigenvalue weighted by atomic mass is 16.7. The lowest BCUT2D eigenvalue weighted by Crippen LogP contribution is -2.60. The Morgan fingerprint density at radius 3 is 2.00 bits per heavy atom. The predicted octanol–water partition coefficient (Wildman–Crippen LogP) is 2.36. The first-order valence-corrected chi connectivity index (χ1v) is 16.9. The lowest BCUT2D eigenvalue weighted by Gasteiger charge is -2.40. The van der Waals surface area contributed by atoms with Crippen molar-refractivity contribution in [2.24, 2.45) is 0 Å². The molecule has 0 aromatic heterocycles. The van der Waals surface area contributed by atoms with E-state index in [1.54, 1.807) is 18.2 Å². The van der Waals surface area contributed by atoms with Crippen LogP contribution in [0, 0.1) is 0 Å². The molecule has 7 N–H and O–H groups in total. The van der Waals surface area contributed by atoms with Gasteiger partial charge in [-0.05, 0) is 24.1 Å². The Kier molecular flexibility index (Phi) is 19.7. The normalized spacial score (nSPS) is 23.5. The van der Waals surface area contributed by atoms with Crippen LogP contribution >= 0.6 is 0 Å². The van der Waals surface area contributed by atoms with Gasteiger partial charge in [0.2, 0.25) is 5.91 Å². The third kappa shape index (κ3) is 13.6. The summed E-state index contributed by atoms with van der Waals surface area (Å²) in [5.41, 5.74) is 0.621. The smallest absolute Gasteiger partial charge is 0.224 e. The molecule has 1 aliphatic rings. The number of nitrogens with one attached hydrogen (secondary N) is 1. The number of rotatable bonds is 24. The second-order valence-corrected chi connectivity index (χ2v) is 12.3. The predicted molar refractivity (Wildman–Crippen MR) is 173 cm³/mol. The van der Waals surface area contributed by atoms with Gasteiger partial charge in [0, 0.05) is 0 Å². The van der Waals surface area contributed by atoms with Gasteiger partial charge >= 0.3 is 0 Å². The topological polar surface area (TPSA) is 187 Å². The van der Waals surface area contributed by atoms with Gasteiger partial charge in [0.15, 0.2) is 17.8 Å². The molecule has 5 unspecified atom stereocenters. The molecule has 12 nitrogen and oxygen atoms in total. The van der Waals surface area contributed by atoms with Crippen LogP contribution in [-0.4, -0.2) is 113 Å². The number of benzene rings is 1. The Morgan fingerprint density at radius 2 is 1.43 bits per heavy atom. The fourth-order valence-corrected chi connectivity index (χ4v) is 5.70. The average Bonchev–Trinajstić information content (AvgIpc) is 3.06. The molecule has 1 saturated heterocycles. The van der Waals surface area contributed by atoms with E-state index in [9.17, 15) is 35.4 Å². The van der Waals surface area contributed by atoms with E-state index in [0.717, 1.165) is 19.3 Å². The molecule has 266 valence electrons. The molecule has 1 aliphatic heterocycles. The third-order valence-electron chi connectivity index (χ3n) is 8.61. The molecular formula is C34H59NO11. The molecule has 46 heavy (non-hydrogen) atoms. The van der Waals surface area contributed by atoms with Crippen molar-refractivity contribution in [3.63, 3.8) is 0 Å². The van der Waals surface area contributed by atoms with Crippen LogP contribution in [0.5, 0.6) is 11.5 Å². The van der Waals surface area contributed by atoms with Crippen molar-refractivity contribution >= 4 is 5.91 Å². The van der Waals surface area contributed by atoms with Crippen LogP contribution < -0.4 is 14.8 Å². The minimum Gasteiger partial charge on any atom is -0.493 e. The van der Waals surface area contributed by atoms with Gasteiger partial charge in [-0.3, -0.25) is 4.79 Å². The van der Waals surface area contributed by atoms with E-state index in [0.29, 0.717) is 29.9 Å². The summed E-state index contributed by atoms with van der Waals surface area (Å²) in [5, 5.41) is 64.7. The minimum absolute atomic E-state index is 0.0710. The Labute approximate surface area is 274 Å². The van der Waals surface area contributed by atoms with Crippen molar-refractivity contribution in [3.8, 4) is 11.5 Å². The Balaban J connectivity index is 1.92. The fourth-order valence-electron chi connectivity index (χ4n) is 5.70. The molecule has 1 aromatic rings. The maximum Gasteiger partial charge on any atom is 0.224 e. The number of hydrogen-bond donors (Lipinski definition) is 7. The molecule has 0 radical (unpaired) electrons. The Hall–Kier alpha value is -2.03. The van der Waals surface area contributed by atoms with Crippen LogP contribution in [-0.2, 0) is 20.7 Å². The van der Waals surface area contributed by atoms with Crippen LogP contribution in [0.25, 0.3) is 0 Å². The number of amides is 1. The molecule has 1 heterocycles. The summed E-state index contributed by atoms with van der Waals surface area (Å²) in [7, 11) is 3.00. The molecule has 1 amide bonds. The summed E-state index contributed by atoms with van der Waals surface area (Å²) in [5.74, 6) is 0.494. The van der Waals surface area contributed by atoms with Crippen molar-refractivity contribution in [2.75, 3.05) is 27.4 Å². The molecule has 8 atom stereocenters. The van der Waals surface area contributed by atoms with Gasteiger partial charge < -0.3 is 54.9 Å². The third-order valence-corrected chi connectivity index (χ3v) is 8.61. The van der Waals surface area contributed by atoms with E-state index in [1.165, 1.54) is 65.6 Å². The highest BCUT2D eigenvalue weighted by Gasteiger charge is 2.44. The van der Waals surface area contributed by atoms with Gasteiger partial charge in [-0.1, -0.05) is 90.0 Å². The van der Waals surface area contributed by atoms with E-state index >= 15 is 0 Å². The number of aliphatic hydroxyl groups is 6. The van der Waals surface area contributed by atoms with E-state index in [1.807, 2.05) is 0 Å². The number of hydrogen-bond acceptors (Lipinski definition) is 11. The van der Waals surface area contributed by atoms with Gasteiger partial charge in [0.25, 0.3) is 0 Å². The van der Waals surface area contributed by atoms with Gasteiger partial charge in [-0.2, -0.15) is 0 Å². The van der Waals surface area contributed by atoms with Gasteiger partial charge in [-0.15, -0.1) is 0 Å². The van der Waals surface area contributed by atoms with Crippen LogP contribution in [0.1, 0.15) is 96.0 Å². The minimum atomic E-state index is -1.65. The SMILES string of the molecule is CCCCCCCCCCCCCC[C@@H](O)[C@@H](O)[C@H](COC1OC(CO)C(O)C(O)C1O)NC(=O)Cc1ccc(OC)c(OC)c1. The van der Waals surface area contributed by atoms with E-state index in [4.69, 9.17) is 18.9 Å². The van der Waals surface area contributed by atoms with Crippen LogP contribution in [0.3, 0.4) is 0 Å². The number of ether oxygens (including phenoxy) is 4. The molecule has 0 spiro atoms. The molecule has 1 aromatic carbocycles. The van der Waals surface area contributed by atoms with Crippen LogP contribution in [0.4, 0.5) is 0 Å². The van der Waals surface area contributed by atoms with Crippen molar-refractivity contribution in [2.45, 2.75) is 146 Å². The summed E-state index contributed by atoms with van der Waals surface area (Å²) in [6.45, 7) is 1.20. The molecule has 1 fully saturated rings. The summed E-state index contributed by atoms with van der Waals surface area (Å²) < 4.78 is 21.6. The summed E-state index contributed by atoms with van der Waals surface area (Å²) in [6.07, 6.45) is 4.24. The lowest BCUT2D eigenvalue weighted by atomic mass is 9.98. The number of carbonyl (C=O) groups is 1. The number of methoxy groups -OCH3 is 2. The highest BCUT2D eigenvalue weighted by Crippen LogP contribution is 2.28. The Bertz CT molecular complexity index is 965. The van der Waals surface area contributed by atoms with Gasteiger partial charge in [0.05, 0.1) is 46.0 Å². The van der Waals surface area contributed by atoms with Gasteiger partial charge in [0.1, 0.15) is 30.5 Å². The van der Waals surface area contributed by atoms with E-state index < -0.39 is 68.1 Å². The zero-order valence-electron chi connectivity index (χ0n) is 27.9. The Morgan fingerprint density at radius 1 is 0.848 bits per heavy atom. The maximum absolute atomic E-state index is 13.1. The average molecular weight is 658 g/mol. The first-order chi connectivity index (χ1) is 22.2. The van der Waals surface area contributed by atoms with Crippen molar-refractivity contribution in [1.29, 1.82) is 0 Å². The van der Waals surface area contributed by atoms with Gasteiger partial charge in [-0.25, -0.2) is 0 Å². The zero-order chi connectivity index (χ0) is 33.9. The molecule has 12 heteroatoms. The molecular weight excluding hydrogens is 598 g/mol. The van der Waals surface area contributed by atoms with Crippen molar-refractivity contribution < 1.29 is 54.4 Å². The second-order valence-electron chi connectivity index (χ2n) is 12.3. The quantitative estimate of drug-likeness (QED) is 0.0809.